The van der Waals surface area contributed by atoms with Gasteiger partial charge in [0.2, 0.25) is 5.95 Å². The highest BCUT2D eigenvalue weighted by Crippen LogP contribution is 2.39. The molecule has 12 nitrogen and oxygen atoms in total. The van der Waals surface area contributed by atoms with E-state index < -0.39 is 28.9 Å². The molecular weight excluding hydrogens is 545 g/mol. The molecule has 1 aliphatic heterocycles. The van der Waals surface area contributed by atoms with E-state index in [1.807, 2.05) is 12.1 Å². The lowest BCUT2D eigenvalue weighted by Gasteiger charge is -2.40. The zero-order chi connectivity index (χ0) is 29.9. The molecule has 5 rings (SSSR count). The number of anilines is 1. The quantitative estimate of drug-likeness (QED) is 0.252. The Balaban J connectivity index is 1.51. The number of hydrogen-bond acceptors (Lipinski definition) is 10. The van der Waals surface area contributed by atoms with E-state index >= 15 is 0 Å². The fraction of sp³-hybridized carbons (Fsp3) is 0.310. The number of carbonyl (C=O) groups excluding carboxylic acids is 2. The molecule has 0 saturated carbocycles. The Labute approximate surface area is 240 Å². The van der Waals surface area contributed by atoms with E-state index in [-0.39, 0.29) is 25.1 Å². The van der Waals surface area contributed by atoms with Crippen LogP contribution >= 0.6 is 0 Å². The minimum atomic E-state index is -2.14. The van der Waals surface area contributed by atoms with Gasteiger partial charge in [-0.1, -0.05) is 6.07 Å². The largest absolute Gasteiger partial charge is 0.462 e. The number of H-pyrrole nitrogens is 1. The highest BCUT2D eigenvalue weighted by molar-refractivity contribution is 5.85. The zero-order valence-electron chi connectivity index (χ0n) is 23.3. The normalized spacial score (nSPS) is 20.3. The Morgan fingerprint density at radius 2 is 1.86 bits per heavy atom. The van der Waals surface area contributed by atoms with Gasteiger partial charge in [-0.2, -0.15) is 0 Å². The van der Waals surface area contributed by atoms with Crippen LogP contribution in [0, 0.1) is 11.2 Å². The molecule has 3 aromatic heterocycles. The second-order valence-corrected chi connectivity index (χ2v) is 10.4. The maximum absolute atomic E-state index is 13.8. The molecule has 1 aliphatic rings. The van der Waals surface area contributed by atoms with Gasteiger partial charge in [0.15, 0.2) is 5.82 Å². The average molecular weight is 576 g/mol. The molecule has 0 bridgehead atoms. The van der Waals surface area contributed by atoms with E-state index in [0.717, 1.165) is 5.56 Å². The summed E-state index contributed by atoms with van der Waals surface area (Å²) in [4.78, 5) is 46.3. The predicted octanol–water partition coefficient (Wildman–Crippen LogP) is 3.32. The number of esters is 1. The number of pyridine rings is 1. The number of amides is 1. The molecule has 1 saturated heterocycles. The predicted molar refractivity (Wildman–Crippen MR) is 149 cm³/mol. The lowest BCUT2D eigenvalue weighted by Crippen LogP contribution is -2.56. The number of nitrogens with zero attached hydrogens (tertiary/aromatic N) is 4. The molecule has 42 heavy (non-hydrogen) atoms. The lowest BCUT2D eigenvalue weighted by molar-refractivity contribution is -0.294. The molecule has 4 heterocycles. The molecule has 218 valence electrons. The van der Waals surface area contributed by atoms with Gasteiger partial charge in [0.05, 0.1) is 36.4 Å². The number of imidazole rings is 1. The number of halogens is 1. The first-order valence-corrected chi connectivity index (χ1v) is 13.2. The SMILES string of the molecule is CC(C)OC(=O)C1(C)COC(C(N)=O)(c2nc(-c3ccc(F)cc3)c(-c3ccnc(NCc4cccnc4)n3)[nH]2)OC1. The number of primary amides is 1. The van der Waals surface area contributed by atoms with Gasteiger partial charge in [-0.25, -0.2) is 19.3 Å². The number of ether oxygens (including phenoxy) is 3. The maximum Gasteiger partial charge on any atom is 0.316 e. The van der Waals surface area contributed by atoms with E-state index in [4.69, 9.17) is 19.9 Å². The number of aromatic nitrogens is 5. The number of carbonyl (C=O) groups is 2. The standard InChI is InChI=1S/C29H30FN7O5/c1-17(2)42-26(39)28(3)15-40-29(24(31)38,41-16-28)25-36-22(19-6-8-20(30)9-7-19)23(37-25)21-10-12-33-27(35-21)34-14-18-5-4-11-32-13-18/h4-13,17H,14-16H2,1-3H3,(H2,31,38)(H,36,37)(H,33,34,35). The smallest absolute Gasteiger partial charge is 0.316 e. The van der Waals surface area contributed by atoms with Crippen LogP contribution < -0.4 is 11.1 Å². The Morgan fingerprint density at radius 1 is 1.12 bits per heavy atom. The van der Waals surface area contributed by atoms with E-state index in [1.165, 1.54) is 12.1 Å². The molecule has 1 fully saturated rings. The molecule has 0 radical (unpaired) electrons. The first kappa shape index (κ1) is 28.8. The van der Waals surface area contributed by atoms with Crippen molar-refractivity contribution < 1.29 is 28.2 Å². The van der Waals surface area contributed by atoms with Gasteiger partial charge in [-0.05, 0) is 62.7 Å². The van der Waals surface area contributed by atoms with Crippen LogP contribution in [0.1, 0.15) is 32.2 Å². The summed E-state index contributed by atoms with van der Waals surface area (Å²) in [6.45, 7) is 5.06. The van der Waals surface area contributed by atoms with Gasteiger partial charge in [0.1, 0.15) is 11.2 Å². The fourth-order valence-corrected chi connectivity index (χ4v) is 4.27. The fourth-order valence-electron chi connectivity index (χ4n) is 4.27. The van der Waals surface area contributed by atoms with E-state index in [9.17, 15) is 14.0 Å². The van der Waals surface area contributed by atoms with Gasteiger partial charge in [0.25, 0.3) is 5.91 Å². The Morgan fingerprint density at radius 3 is 2.50 bits per heavy atom. The molecule has 0 atom stereocenters. The van der Waals surface area contributed by atoms with Gasteiger partial charge >= 0.3 is 11.8 Å². The molecule has 0 spiro atoms. The minimum Gasteiger partial charge on any atom is -0.462 e. The monoisotopic (exact) mass is 575 g/mol. The summed E-state index contributed by atoms with van der Waals surface area (Å²) in [7, 11) is 0. The Hall–Kier alpha value is -4.75. The third-order valence-electron chi connectivity index (χ3n) is 6.57. The number of rotatable bonds is 9. The van der Waals surface area contributed by atoms with E-state index in [2.05, 4.69) is 30.2 Å². The third kappa shape index (κ3) is 5.83. The van der Waals surface area contributed by atoms with Gasteiger partial charge in [-0.15, -0.1) is 0 Å². The van der Waals surface area contributed by atoms with Crippen LogP contribution in [0.3, 0.4) is 0 Å². The number of benzene rings is 1. The van der Waals surface area contributed by atoms with Crippen LogP contribution in [0.15, 0.2) is 61.1 Å². The minimum absolute atomic E-state index is 0.0629. The van der Waals surface area contributed by atoms with Crippen LogP contribution in [0.2, 0.25) is 0 Å². The third-order valence-corrected chi connectivity index (χ3v) is 6.57. The highest BCUT2D eigenvalue weighted by atomic mass is 19.1. The summed E-state index contributed by atoms with van der Waals surface area (Å²) in [6.07, 6.45) is 4.63. The van der Waals surface area contributed by atoms with Crippen molar-refractivity contribution in [2.24, 2.45) is 11.1 Å². The van der Waals surface area contributed by atoms with E-state index in [1.54, 1.807) is 57.6 Å². The van der Waals surface area contributed by atoms with Crippen molar-refractivity contribution in [3.05, 3.63) is 78.3 Å². The second kappa shape index (κ2) is 11.6. The number of nitrogens with two attached hydrogens (primary N) is 1. The molecule has 0 unspecified atom stereocenters. The summed E-state index contributed by atoms with van der Waals surface area (Å²) in [5, 5.41) is 3.15. The van der Waals surface area contributed by atoms with Crippen molar-refractivity contribution in [1.82, 2.24) is 24.9 Å². The van der Waals surface area contributed by atoms with Crippen molar-refractivity contribution in [2.75, 3.05) is 18.5 Å². The van der Waals surface area contributed by atoms with Crippen molar-refractivity contribution in [1.29, 1.82) is 0 Å². The Kier molecular flexibility index (Phi) is 7.96. The van der Waals surface area contributed by atoms with Crippen molar-refractivity contribution >= 4 is 17.8 Å². The topological polar surface area (TPSA) is 167 Å². The molecule has 1 aromatic carbocycles. The summed E-state index contributed by atoms with van der Waals surface area (Å²) >= 11 is 0. The van der Waals surface area contributed by atoms with Crippen LogP contribution in [0.25, 0.3) is 22.6 Å². The molecule has 4 aromatic rings. The number of aromatic amines is 1. The summed E-state index contributed by atoms with van der Waals surface area (Å²) in [5.41, 5.74) is 7.21. The summed E-state index contributed by atoms with van der Waals surface area (Å²) in [6, 6.07) is 11.1. The molecule has 0 aliphatic carbocycles. The first-order valence-electron chi connectivity index (χ1n) is 13.2. The lowest BCUT2D eigenvalue weighted by atomic mass is 9.91. The summed E-state index contributed by atoms with van der Waals surface area (Å²) in [5.74, 6) is -3.82. The van der Waals surface area contributed by atoms with E-state index in [0.29, 0.717) is 35.1 Å². The van der Waals surface area contributed by atoms with Crippen molar-refractivity contribution in [3.63, 3.8) is 0 Å². The average Bonchev–Trinajstić information content (AvgIpc) is 3.43. The summed E-state index contributed by atoms with van der Waals surface area (Å²) < 4.78 is 30.9. The first-order chi connectivity index (χ1) is 20.1. The van der Waals surface area contributed by atoms with Crippen LogP contribution in [0.4, 0.5) is 10.3 Å². The zero-order valence-corrected chi connectivity index (χ0v) is 23.3. The highest BCUT2D eigenvalue weighted by Gasteiger charge is 2.54. The second-order valence-electron chi connectivity index (χ2n) is 10.4. The molecular formula is C29H30FN7O5. The molecule has 4 N–H and O–H groups in total. The molecule has 13 heteroatoms. The van der Waals surface area contributed by atoms with Crippen LogP contribution in [-0.4, -0.2) is 56.1 Å². The molecule has 1 amide bonds. The van der Waals surface area contributed by atoms with Crippen LogP contribution in [0.5, 0.6) is 0 Å². The van der Waals surface area contributed by atoms with Gasteiger partial charge in [0, 0.05) is 30.7 Å². The van der Waals surface area contributed by atoms with Crippen molar-refractivity contribution in [3.8, 4) is 22.6 Å². The maximum atomic E-state index is 13.8. The number of nitrogens with one attached hydrogen (secondary N) is 2. The van der Waals surface area contributed by atoms with Gasteiger partial charge in [-0.3, -0.25) is 14.6 Å². The van der Waals surface area contributed by atoms with Crippen LogP contribution in [-0.2, 0) is 36.1 Å². The van der Waals surface area contributed by atoms with Gasteiger partial charge < -0.3 is 30.2 Å². The van der Waals surface area contributed by atoms with Crippen molar-refractivity contribution in [2.45, 2.75) is 39.2 Å². The number of hydrogen-bond donors (Lipinski definition) is 3. The Bertz CT molecular complexity index is 1570.